The fraction of sp³-hybridized carbons (Fsp3) is 0.444. The van der Waals surface area contributed by atoms with E-state index in [1.54, 1.807) is 21.9 Å². The standard InChI is InChI=1S/C36H38FN6O9P/c1-19-2-9-30-26(12-19)31(40-52-30)36(47)41-11-10-23-4-8-29(35(46)42-16-24-5-6-25(17-42)51-24)43(23)34(45)28(18-41)39-33(44)20-3-7-27-21(13-20)14-22(15-38-27)32(37)53(48,49)50/h2-3,7,9,12-15,23-25,28-29,32H,4-6,8,10-11,16-18H2,1H3,(H,39,44)(H2,48,49,50)/t23-,24?,25?,28+,29+,32-/m1/s1. The molecule has 0 spiro atoms. The van der Waals surface area contributed by atoms with Gasteiger partial charge in [-0.15, -0.1) is 0 Å². The molecule has 4 aliphatic rings. The highest BCUT2D eigenvalue weighted by Crippen LogP contribution is 2.52. The van der Waals surface area contributed by atoms with E-state index >= 15 is 0 Å². The van der Waals surface area contributed by atoms with Gasteiger partial charge in [-0.2, -0.15) is 0 Å². The third-order valence-electron chi connectivity index (χ3n) is 10.8. The number of hydrogen-bond acceptors (Lipinski definition) is 9. The highest BCUT2D eigenvalue weighted by atomic mass is 31.2. The number of morpholine rings is 1. The predicted octanol–water partition coefficient (Wildman–Crippen LogP) is 3.22. The molecule has 0 radical (unpaired) electrons. The summed E-state index contributed by atoms with van der Waals surface area (Å²) in [6, 6.07) is 8.53. The molecule has 6 heterocycles. The lowest BCUT2D eigenvalue weighted by molar-refractivity contribution is -0.152. The van der Waals surface area contributed by atoms with Crippen molar-refractivity contribution in [1.82, 2.24) is 30.2 Å². The molecule has 2 aromatic heterocycles. The average Bonchev–Trinajstić information content (AvgIpc) is 3.85. The summed E-state index contributed by atoms with van der Waals surface area (Å²) in [6.07, 6.45) is 4.13. The van der Waals surface area contributed by atoms with Crippen LogP contribution >= 0.6 is 7.60 Å². The lowest BCUT2D eigenvalue weighted by atomic mass is 10.0. The zero-order chi connectivity index (χ0) is 37.2. The zero-order valence-corrected chi connectivity index (χ0v) is 29.7. The molecule has 4 amide bonds. The molecule has 4 saturated heterocycles. The Labute approximate surface area is 302 Å². The van der Waals surface area contributed by atoms with Crippen LogP contribution in [0.2, 0.25) is 0 Å². The number of aromatic nitrogens is 2. The normalized spacial score (nSPS) is 25.3. The third kappa shape index (κ3) is 6.69. The molecule has 4 fully saturated rings. The van der Waals surface area contributed by atoms with E-state index in [9.17, 15) is 37.9 Å². The van der Waals surface area contributed by atoms with E-state index in [2.05, 4.69) is 15.5 Å². The largest absolute Gasteiger partial charge is 0.371 e. The first-order valence-electron chi connectivity index (χ1n) is 17.7. The number of aryl methyl sites for hydroxylation is 1. The van der Waals surface area contributed by atoms with Gasteiger partial charge in [-0.05, 0) is 75.4 Å². The van der Waals surface area contributed by atoms with Crippen LogP contribution in [0.4, 0.5) is 4.39 Å². The van der Waals surface area contributed by atoms with E-state index in [0.29, 0.717) is 48.8 Å². The Balaban J connectivity index is 1.10. The molecule has 2 unspecified atom stereocenters. The second-order valence-corrected chi connectivity index (χ2v) is 16.0. The monoisotopic (exact) mass is 748 g/mol. The Hall–Kier alpha value is -4.76. The van der Waals surface area contributed by atoms with E-state index in [1.807, 2.05) is 13.0 Å². The number of carbonyl (C=O) groups is 4. The molecule has 0 saturated carbocycles. The number of amides is 4. The quantitative estimate of drug-likeness (QED) is 0.245. The molecule has 15 nitrogen and oxygen atoms in total. The Morgan fingerprint density at radius 1 is 0.981 bits per heavy atom. The average molecular weight is 749 g/mol. The molecule has 4 aromatic rings. The van der Waals surface area contributed by atoms with Gasteiger partial charge in [0.25, 0.3) is 11.8 Å². The number of benzene rings is 2. The van der Waals surface area contributed by atoms with Crippen LogP contribution in [-0.2, 0) is 18.9 Å². The highest BCUT2D eigenvalue weighted by Gasteiger charge is 2.48. The zero-order valence-electron chi connectivity index (χ0n) is 28.8. The number of nitrogens with zero attached hydrogens (tertiary/aromatic N) is 5. The number of likely N-dealkylation sites (tertiary alicyclic amines) is 1. The van der Waals surface area contributed by atoms with Crippen LogP contribution in [0.3, 0.4) is 0 Å². The highest BCUT2D eigenvalue weighted by molar-refractivity contribution is 7.51. The summed E-state index contributed by atoms with van der Waals surface area (Å²) in [5.74, 6) is -4.42. The van der Waals surface area contributed by atoms with Crippen molar-refractivity contribution in [3.05, 3.63) is 71.0 Å². The van der Waals surface area contributed by atoms with Crippen molar-refractivity contribution in [2.24, 2.45) is 0 Å². The van der Waals surface area contributed by atoms with Crippen LogP contribution in [0.5, 0.6) is 0 Å². The predicted molar refractivity (Wildman–Crippen MR) is 186 cm³/mol. The number of halogens is 1. The maximum atomic E-state index is 14.6. The number of fused-ring (bicyclic) bond motifs is 5. The second-order valence-electron chi connectivity index (χ2n) is 14.4. The summed E-state index contributed by atoms with van der Waals surface area (Å²) in [6.45, 7) is 2.80. The summed E-state index contributed by atoms with van der Waals surface area (Å²) >= 11 is 0. The number of pyridine rings is 1. The van der Waals surface area contributed by atoms with Crippen LogP contribution < -0.4 is 5.32 Å². The first kappa shape index (κ1) is 35.3. The fourth-order valence-corrected chi connectivity index (χ4v) is 8.66. The molecule has 278 valence electrons. The SMILES string of the molecule is Cc1ccc2onc(C(=O)N3CC[C@H]4CC[C@@H](C(=O)N5CC6CCC(C5)O6)N4C(=O)[C@@H](NC(=O)c4ccc5ncc([C@H](F)P(=O)(O)O)cc5c4)C3)c2c1. The lowest BCUT2D eigenvalue weighted by Crippen LogP contribution is -2.62. The molecular formula is C36H38FN6O9P. The van der Waals surface area contributed by atoms with E-state index < -0.39 is 43.3 Å². The Morgan fingerprint density at radius 2 is 1.75 bits per heavy atom. The lowest BCUT2D eigenvalue weighted by Gasteiger charge is -2.40. The molecule has 4 aliphatic heterocycles. The van der Waals surface area contributed by atoms with E-state index in [0.717, 1.165) is 24.6 Å². The maximum absolute atomic E-state index is 14.6. The van der Waals surface area contributed by atoms with Gasteiger partial charge in [0.15, 0.2) is 11.3 Å². The van der Waals surface area contributed by atoms with Crippen molar-refractivity contribution in [3.8, 4) is 0 Å². The van der Waals surface area contributed by atoms with Gasteiger partial charge in [0.05, 0.1) is 29.7 Å². The number of rotatable bonds is 6. The van der Waals surface area contributed by atoms with Gasteiger partial charge in [0.2, 0.25) is 17.7 Å². The molecule has 6 atom stereocenters. The van der Waals surface area contributed by atoms with Crippen LogP contribution in [0.25, 0.3) is 21.9 Å². The van der Waals surface area contributed by atoms with Gasteiger partial charge in [-0.25, -0.2) is 4.39 Å². The van der Waals surface area contributed by atoms with Gasteiger partial charge in [0.1, 0.15) is 12.1 Å². The fourth-order valence-electron chi connectivity index (χ4n) is 8.13. The summed E-state index contributed by atoms with van der Waals surface area (Å²) in [7, 11) is -5.11. The number of hydrogen-bond donors (Lipinski definition) is 3. The first-order chi connectivity index (χ1) is 25.3. The van der Waals surface area contributed by atoms with Crippen molar-refractivity contribution in [2.45, 2.75) is 75.3 Å². The molecule has 53 heavy (non-hydrogen) atoms. The van der Waals surface area contributed by atoms with Crippen LogP contribution in [0, 0.1) is 6.92 Å². The summed E-state index contributed by atoms with van der Waals surface area (Å²) in [4.78, 5) is 84.3. The van der Waals surface area contributed by atoms with Crippen LogP contribution in [0.1, 0.15) is 70.0 Å². The van der Waals surface area contributed by atoms with Crippen LogP contribution in [-0.4, -0.2) is 115 Å². The van der Waals surface area contributed by atoms with Gasteiger partial charge in [0, 0.05) is 48.4 Å². The van der Waals surface area contributed by atoms with Gasteiger partial charge < -0.3 is 39.1 Å². The molecular weight excluding hydrogens is 710 g/mol. The van der Waals surface area contributed by atoms with Gasteiger partial charge >= 0.3 is 7.60 Å². The van der Waals surface area contributed by atoms with E-state index in [1.165, 1.54) is 29.2 Å². The summed E-state index contributed by atoms with van der Waals surface area (Å²) in [5, 5.41) is 7.63. The number of ether oxygens (including phenoxy) is 1. The first-order valence-corrected chi connectivity index (χ1v) is 19.3. The molecule has 8 rings (SSSR count). The molecule has 2 bridgehead atoms. The summed E-state index contributed by atoms with van der Waals surface area (Å²) < 4.78 is 37.5. The number of nitrogens with one attached hydrogen (secondary N) is 1. The number of carbonyl (C=O) groups excluding carboxylic acids is 4. The van der Waals surface area contributed by atoms with Crippen LogP contribution in [0.15, 0.2) is 53.2 Å². The van der Waals surface area contributed by atoms with Crippen molar-refractivity contribution < 1.29 is 47.2 Å². The minimum atomic E-state index is -5.11. The number of alkyl halides is 1. The van der Waals surface area contributed by atoms with E-state index in [-0.39, 0.29) is 59.5 Å². The minimum Gasteiger partial charge on any atom is -0.371 e. The minimum absolute atomic E-state index is 0.0262. The smallest absolute Gasteiger partial charge is 0.364 e. The molecule has 17 heteroatoms. The van der Waals surface area contributed by atoms with Crippen molar-refractivity contribution in [2.75, 3.05) is 26.2 Å². The summed E-state index contributed by atoms with van der Waals surface area (Å²) in [5.41, 5.74) is 1.46. The molecule has 2 aromatic carbocycles. The van der Waals surface area contributed by atoms with Gasteiger partial charge in [-0.3, -0.25) is 28.7 Å². The Kier molecular flexibility index (Phi) is 9.04. The van der Waals surface area contributed by atoms with E-state index in [4.69, 9.17) is 9.26 Å². The molecule has 3 N–H and O–H groups in total. The Bertz CT molecular complexity index is 2180. The second kappa shape index (κ2) is 13.6. The topological polar surface area (TPSA) is 196 Å². The van der Waals surface area contributed by atoms with Crippen molar-refractivity contribution in [3.63, 3.8) is 0 Å². The Morgan fingerprint density at radius 3 is 2.51 bits per heavy atom. The van der Waals surface area contributed by atoms with Crippen molar-refractivity contribution >= 4 is 53.1 Å². The maximum Gasteiger partial charge on any atom is 0.364 e. The molecule has 0 aliphatic carbocycles. The van der Waals surface area contributed by atoms with Gasteiger partial charge in [-0.1, -0.05) is 16.8 Å². The third-order valence-corrected chi connectivity index (χ3v) is 11.7. The van der Waals surface area contributed by atoms with Crippen molar-refractivity contribution in [1.29, 1.82) is 0 Å².